The Kier molecular flexibility index (Phi) is 6.35. The van der Waals surface area contributed by atoms with Gasteiger partial charge in [0.15, 0.2) is 0 Å². The first-order valence-corrected chi connectivity index (χ1v) is 14.0. The molecule has 0 bridgehead atoms. The van der Waals surface area contributed by atoms with E-state index in [2.05, 4.69) is 16.8 Å². The van der Waals surface area contributed by atoms with Gasteiger partial charge in [-0.2, -0.15) is 4.31 Å². The topological polar surface area (TPSA) is 65.6 Å². The summed E-state index contributed by atoms with van der Waals surface area (Å²) in [6.45, 7) is 6.35. The molecule has 0 saturated carbocycles. The highest BCUT2D eigenvalue weighted by Gasteiger charge is 2.43. The van der Waals surface area contributed by atoms with E-state index in [9.17, 15) is 8.42 Å². The predicted molar refractivity (Wildman–Crippen MR) is 132 cm³/mol. The molecule has 1 N–H and O–H groups in total. The molecule has 0 radical (unpaired) electrons. The molecule has 2 atom stereocenters. The van der Waals surface area contributed by atoms with Gasteiger partial charge in [0.25, 0.3) is 0 Å². The van der Waals surface area contributed by atoms with Crippen LogP contribution in [-0.2, 0) is 16.4 Å². The summed E-state index contributed by atoms with van der Waals surface area (Å²) >= 11 is 0. The average Bonchev–Trinajstić information content (AvgIpc) is 3.12. The van der Waals surface area contributed by atoms with Crippen molar-refractivity contribution in [2.45, 2.75) is 51.3 Å². The van der Waals surface area contributed by atoms with Gasteiger partial charge >= 0.3 is 0 Å². The van der Waals surface area contributed by atoms with Crippen LogP contribution >= 0.6 is 0 Å². The third kappa shape index (κ3) is 4.45. The number of fused-ring (bicyclic) bond motifs is 3. The number of nitrogens with zero attached hydrogens (tertiary/aromatic N) is 2. The molecule has 2 aliphatic heterocycles. The van der Waals surface area contributed by atoms with Gasteiger partial charge in [-0.3, -0.25) is 4.90 Å². The van der Waals surface area contributed by atoms with Crippen LogP contribution in [0.4, 0.5) is 8.78 Å². The number of hydrogen-bond acceptors (Lipinski definition) is 4. The zero-order valence-electron chi connectivity index (χ0n) is 20.2. The molecule has 3 aromatic rings. The summed E-state index contributed by atoms with van der Waals surface area (Å²) < 4.78 is 63.9. The zero-order chi connectivity index (χ0) is 24.9. The van der Waals surface area contributed by atoms with Crippen LogP contribution in [0.3, 0.4) is 0 Å². The van der Waals surface area contributed by atoms with Crippen molar-refractivity contribution in [2.75, 3.05) is 25.9 Å². The maximum atomic E-state index is 15.6. The molecule has 3 heterocycles. The fraction of sp³-hybridized carbons (Fsp3) is 0.462. The maximum Gasteiger partial charge on any atom is 0.212 e. The van der Waals surface area contributed by atoms with Crippen LogP contribution in [0, 0.1) is 11.6 Å². The Morgan fingerprint density at radius 1 is 1.14 bits per heavy atom. The molecule has 0 unspecified atom stereocenters. The summed E-state index contributed by atoms with van der Waals surface area (Å²) in [6, 6.07) is 8.33. The molecular formula is C26H31F2N3O3S. The number of halogens is 2. The van der Waals surface area contributed by atoms with E-state index >= 15 is 8.78 Å². The predicted octanol–water partition coefficient (Wildman–Crippen LogP) is 4.60. The number of benzene rings is 2. The van der Waals surface area contributed by atoms with Crippen molar-refractivity contribution in [3.8, 4) is 5.75 Å². The number of H-pyrrole nitrogens is 1. The maximum absolute atomic E-state index is 15.6. The fourth-order valence-corrected chi connectivity index (χ4v) is 6.80. The number of nitrogens with one attached hydrogen (secondary N) is 1. The second-order valence-corrected chi connectivity index (χ2v) is 11.7. The van der Waals surface area contributed by atoms with E-state index in [0.29, 0.717) is 12.1 Å². The van der Waals surface area contributed by atoms with Gasteiger partial charge in [0, 0.05) is 53.4 Å². The Balaban J connectivity index is 1.52. The molecule has 6 nitrogen and oxygen atoms in total. The number of likely N-dealkylation sites (tertiary alicyclic amines) is 1. The van der Waals surface area contributed by atoms with E-state index in [4.69, 9.17) is 4.74 Å². The van der Waals surface area contributed by atoms with Crippen LogP contribution in [0.1, 0.15) is 49.6 Å². The van der Waals surface area contributed by atoms with Gasteiger partial charge in [-0.1, -0.05) is 31.5 Å². The number of hydrogen-bond donors (Lipinski definition) is 1. The molecule has 35 heavy (non-hydrogen) atoms. The molecule has 188 valence electrons. The standard InChI is InChI=1S/C26H31F2N3O3S/c1-4-5-10-30-14-18(15-30)34-17-12-21(27)24(22(28)13-17)26-25-20(11-16(2)31(26)35(3,32)33)19-8-6-7-9-23(19)29-25/h6-9,12-13,16,18,26,29H,4-5,10-11,14-15H2,1-3H3/t16-,26-/m1/s1. The summed E-state index contributed by atoms with van der Waals surface area (Å²) in [5.41, 5.74) is 1.91. The first-order valence-electron chi connectivity index (χ1n) is 12.1. The summed E-state index contributed by atoms with van der Waals surface area (Å²) in [5.74, 6) is -1.52. The SMILES string of the molecule is CCCCN1CC(Oc2cc(F)c([C@@H]3c4[nH]c5ccccc5c4C[C@@H](C)N3S(C)(=O)=O)c(F)c2)C1. The molecule has 2 aromatic carbocycles. The number of sulfonamides is 1. The minimum Gasteiger partial charge on any atom is -0.488 e. The second kappa shape index (κ2) is 9.19. The Bertz CT molecular complexity index is 1330. The molecule has 1 saturated heterocycles. The van der Waals surface area contributed by atoms with E-state index in [1.54, 1.807) is 6.92 Å². The third-order valence-corrected chi connectivity index (χ3v) is 8.41. The Morgan fingerprint density at radius 3 is 2.49 bits per heavy atom. The smallest absolute Gasteiger partial charge is 0.212 e. The fourth-order valence-electron chi connectivity index (χ4n) is 5.48. The quantitative estimate of drug-likeness (QED) is 0.512. The summed E-state index contributed by atoms with van der Waals surface area (Å²) in [6.07, 6.45) is 3.64. The molecule has 9 heteroatoms. The molecule has 0 aliphatic carbocycles. The Hall–Kier alpha value is -2.49. The highest BCUT2D eigenvalue weighted by Crippen LogP contribution is 2.44. The Morgan fingerprint density at radius 2 is 1.83 bits per heavy atom. The minimum atomic E-state index is -3.78. The van der Waals surface area contributed by atoms with Crippen LogP contribution in [0.5, 0.6) is 5.75 Å². The number of ether oxygens (including phenoxy) is 1. The average molecular weight is 504 g/mol. The van der Waals surface area contributed by atoms with Crippen LogP contribution in [0.15, 0.2) is 36.4 Å². The van der Waals surface area contributed by atoms with Crippen molar-refractivity contribution >= 4 is 20.9 Å². The highest BCUT2D eigenvalue weighted by molar-refractivity contribution is 7.88. The van der Waals surface area contributed by atoms with Crippen molar-refractivity contribution in [1.82, 2.24) is 14.2 Å². The number of unbranched alkanes of at least 4 members (excludes halogenated alkanes) is 1. The lowest BCUT2D eigenvalue weighted by molar-refractivity contribution is 0.0189. The lowest BCUT2D eigenvalue weighted by Crippen LogP contribution is -2.53. The van der Waals surface area contributed by atoms with Crippen molar-refractivity contribution in [1.29, 1.82) is 0 Å². The van der Waals surface area contributed by atoms with Crippen LogP contribution < -0.4 is 4.74 Å². The summed E-state index contributed by atoms with van der Waals surface area (Å²) in [4.78, 5) is 5.50. The van der Waals surface area contributed by atoms with Gasteiger partial charge in [-0.25, -0.2) is 17.2 Å². The monoisotopic (exact) mass is 503 g/mol. The summed E-state index contributed by atoms with van der Waals surface area (Å²) in [5, 5.41) is 0.936. The van der Waals surface area contributed by atoms with Gasteiger partial charge in [-0.05, 0) is 37.9 Å². The normalized spacial score (nSPS) is 21.7. The number of rotatable bonds is 7. The van der Waals surface area contributed by atoms with Crippen LogP contribution in [0.25, 0.3) is 10.9 Å². The van der Waals surface area contributed by atoms with E-state index < -0.39 is 33.7 Å². The van der Waals surface area contributed by atoms with Gasteiger partial charge in [0.05, 0.1) is 12.3 Å². The molecule has 1 fully saturated rings. The molecule has 0 spiro atoms. The number of aromatic amines is 1. The lowest BCUT2D eigenvalue weighted by Gasteiger charge is -2.40. The number of para-hydroxylation sites is 1. The highest BCUT2D eigenvalue weighted by atomic mass is 32.2. The third-order valence-electron chi connectivity index (χ3n) is 7.07. The lowest BCUT2D eigenvalue weighted by atomic mass is 9.90. The molecule has 1 aromatic heterocycles. The first kappa shape index (κ1) is 24.2. The van der Waals surface area contributed by atoms with Crippen LogP contribution in [0.2, 0.25) is 0 Å². The van der Waals surface area contributed by atoms with Gasteiger partial charge in [-0.15, -0.1) is 0 Å². The van der Waals surface area contributed by atoms with Gasteiger partial charge < -0.3 is 9.72 Å². The van der Waals surface area contributed by atoms with Crippen molar-refractivity contribution in [2.24, 2.45) is 0 Å². The first-order chi connectivity index (χ1) is 16.7. The van der Waals surface area contributed by atoms with Gasteiger partial charge in [0.1, 0.15) is 23.5 Å². The second-order valence-electron chi connectivity index (χ2n) is 9.76. The van der Waals surface area contributed by atoms with E-state index in [-0.39, 0.29) is 17.4 Å². The van der Waals surface area contributed by atoms with Crippen molar-refractivity contribution in [3.05, 3.63) is 64.9 Å². The molecule has 5 rings (SSSR count). The van der Waals surface area contributed by atoms with Crippen molar-refractivity contribution in [3.63, 3.8) is 0 Å². The van der Waals surface area contributed by atoms with Crippen molar-refractivity contribution < 1.29 is 21.9 Å². The minimum absolute atomic E-state index is 0.112. The summed E-state index contributed by atoms with van der Waals surface area (Å²) in [7, 11) is -3.78. The van der Waals surface area contributed by atoms with E-state index in [1.165, 1.54) is 16.4 Å². The molecular weight excluding hydrogens is 472 g/mol. The van der Waals surface area contributed by atoms with Crippen LogP contribution in [-0.4, -0.2) is 60.6 Å². The molecule has 0 amide bonds. The van der Waals surface area contributed by atoms with E-state index in [1.807, 2.05) is 24.3 Å². The van der Waals surface area contributed by atoms with E-state index in [0.717, 1.165) is 55.2 Å². The molecule has 2 aliphatic rings. The Labute approximate surface area is 204 Å². The zero-order valence-corrected chi connectivity index (χ0v) is 21.0. The number of aromatic nitrogens is 1. The van der Waals surface area contributed by atoms with Gasteiger partial charge in [0.2, 0.25) is 10.0 Å². The largest absolute Gasteiger partial charge is 0.488 e.